The van der Waals surface area contributed by atoms with Crippen molar-refractivity contribution in [1.29, 1.82) is 21.0 Å². The van der Waals surface area contributed by atoms with Crippen molar-refractivity contribution < 1.29 is 53.1 Å². The van der Waals surface area contributed by atoms with Gasteiger partial charge < -0.3 is 16.6 Å². The lowest BCUT2D eigenvalue weighted by molar-refractivity contribution is -0.193. The van der Waals surface area contributed by atoms with Crippen LogP contribution in [-0.2, 0) is 94.7 Å². The van der Waals surface area contributed by atoms with Gasteiger partial charge in [-0.3, -0.25) is 24.9 Å². The number of anilines is 2. The molecule has 0 bridgehead atoms. The van der Waals surface area contributed by atoms with Crippen molar-refractivity contribution in [3.05, 3.63) is 282 Å². The van der Waals surface area contributed by atoms with Gasteiger partial charge in [0.05, 0.1) is 95.7 Å². The summed E-state index contributed by atoms with van der Waals surface area (Å²) in [6.45, 7) is 19.9. The molecule has 6 saturated carbocycles. The van der Waals surface area contributed by atoms with E-state index in [0.717, 1.165) is 92.5 Å². The maximum absolute atomic E-state index is 9.17. The summed E-state index contributed by atoms with van der Waals surface area (Å²) in [6, 6.07) is 63.0. The molecule has 17 rings (SSSR count). The Balaban J connectivity index is 0.000000281. The number of carbonyl (C=O) groups excluding carboxylic acids is 10. The number of nitrogen functional groups attached to an aromatic ring is 2. The van der Waals surface area contributed by atoms with E-state index in [4.69, 9.17) is 103 Å². The zero-order chi connectivity index (χ0) is 102. The Kier molecular flexibility index (Phi) is 48.2. The minimum atomic E-state index is 0.0424. The van der Waals surface area contributed by atoms with Gasteiger partial charge in [-0.2, -0.15) is 69.0 Å². The smallest absolute Gasteiger partial charge is 0.373 e. The number of hydrogen-bond acceptors (Lipinski definition) is 30. The van der Waals surface area contributed by atoms with Crippen molar-refractivity contribution in [2.75, 3.05) is 11.5 Å². The van der Waals surface area contributed by atoms with Gasteiger partial charge in [0.2, 0.25) is 11.9 Å². The quantitative estimate of drug-likeness (QED) is 0.0190. The van der Waals surface area contributed by atoms with Crippen LogP contribution in [0, 0.1) is 84.4 Å². The van der Waals surface area contributed by atoms with Crippen LogP contribution in [0.15, 0.2) is 197 Å². The molecule has 11 aromatic rings. The fourth-order valence-corrected chi connectivity index (χ4v) is 16.5. The molecule has 710 valence electrons. The largest absolute Gasteiger partial charge is 0.390 e. The molecular weight excluding hydrogens is 1810 g/mol. The number of halogens is 1. The van der Waals surface area contributed by atoms with E-state index in [0.29, 0.717) is 68.9 Å². The summed E-state index contributed by atoms with van der Waals surface area (Å²) in [5, 5.41) is 56.6. The van der Waals surface area contributed by atoms with E-state index in [1.807, 2.05) is 113 Å². The molecule has 33 nitrogen and oxygen atoms in total. The van der Waals surface area contributed by atoms with Crippen LogP contribution in [0.5, 0.6) is 0 Å². The Morgan fingerprint density at radius 1 is 0.500 bits per heavy atom. The highest BCUT2D eigenvalue weighted by molar-refractivity contribution is 9.10. The van der Waals surface area contributed by atoms with Crippen LogP contribution >= 0.6 is 15.9 Å². The lowest BCUT2D eigenvalue weighted by atomic mass is 9.60. The second kappa shape index (κ2) is 59.0. The van der Waals surface area contributed by atoms with Gasteiger partial charge in [-0.25, -0.2) is 29.6 Å². The molecule has 0 radical (unpaired) electrons. The van der Waals surface area contributed by atoms with Gasteiger partial charge >= 0.3 is 30.8 Å². The average molecular weight is 1930 g/mol. The summed E-state index contributed by atoms with van der Waals surface area (Å²) in [5.41, 5.74) is 40.7. The van der Waals surface area contributed by atoms with Crippen LogP contribution in [0.4, 0.5) is 11.9 Å². The van der Waals surface area contributed by atoms with E-state index in [-0.39, 0.29) is 66.0 Å². The summed E-state index contributed by atoms with van der Waals surface area (Å²) in [7, 11) is 0. The molecule has 138 heavy (non-hydrogen) atoms. The lowest BCUT2D eigenvalue weighted by Crippen LogP contribution is -2.40. The van der Waals surface area contributed by atoms with Crippen LogP contribution in [0.2, 0.25) is 0 Å². The number of allylic oxidation sites excluding steroid dienone is 2. The van der Waals surface area contributed by atoms with Crippen molar-refractivity contribution in [3.63, 3.8) is 0 Å². The summed E-state index contributed by atoms with van der Waals surface area (Å²) >= 11 is 3.25. The number of aliphatic hydroxyl groups is 1. The Hall–Kier alpha value is -15.9. The first-order valence-corrected chi connectivity index (χ1v) is 45.4. The van der Waals surface area contributed by atoms with Crippen LogP contribution < -0.4 is 11.5 Å². The molecular formula is C104H111BrN22O11. The molecule has 6 fully saturated rings. The highest BCUT2D eigenvalue weighted by atomic mass is 79.9. The third-order valence-electron chi connectivity index (χ3n) is 24.9. The summed E-state index contributed by atoms with van der Waals surface area (Å²) in [4.78, 5) is 128. The van der Waals surface area contributed by atoms with Gasteiger partial charge in [-0.1, -0.05) is 142 Å². The van der Waals surface area contributed by atoms with E-state index in [9.17, 15) is 0 Å². The number of hydrogen-bond donors (Lipinski definition) is 3. The number of rotatable bonds is 17. The van der Waals surface area contributed by atoms with Crippen LogP contribution in [0.1, 0.15) is 256 Å². The second-order valence-electron chi connectivity index (χ2n) is 33.2. The number of azide groups is 1. The van der Waals surface area contributed by atoms with Crippen LogP contribution in [0.25, 0.3) is 44.3 Å². The first-order chi connectivity index (χ1) is 66.5. The molecule has 34 heteroatoms. The van der Waals surface area contributed by atoms with Gasteiger partial charge in [0.25, 0.3) is 0 Å². The standard InChI is InChI=1S/C24H22N8.C13H8N4.C13H16N2.C12H16N4.C12H17NO.C12H17N.C7H9N.C6H6BrN.5CO2/c1-24(9-4-10-24)22-8-3-7-18(27-22)14-32-15-21(30-31-32)20-12-19(28-23(26)29-20)17-6-2-5-16(11-17)13-25;1-2-11-7-12(17-13(15)16-11)10-5-3-4-9(6-10)8-14;1-10(9-14)13(7-4-8-13)12-6-3-5-11(2)15-12;1-2-12(7-4-8-12)11-6-3-5-10(15-11)9-14-16-13;1-2-12(7-4-8-12)11-6-3-5-10(9-14)13-11;1-3-12(8-5-9-12)11-7-4-6-10(2)13-11;1-6(5-8)7-3-2-4-7;1-5-3-2-4-6(7)8-5;5*2-1-3/h2-3,5-8,11-12,15H,4,9-10,14H2,1H3,(H2,26,28,29);1,3-7H,(H2,15,16,17);3,5-6,10H,4,7-8H2,1-2H3;3,5-6H,2,4,7-9H2,1H3;3,5-6,14H,2,4,7-9H2,1H3;4,6-7H,3,5,8-9H2,1-2H3;2-4H2,1H3;2-4H,1H3;;;;;. The Morgan fingerprint density at radius 2 is 0.906 bits per heavy atom. The summed E-state index contributed by atoms with van der Waals surface area (Å²) in [6.07, 6.45) is 34.2. The molecule has 9 heterocycles. The fourth-order valence-electron chi connectivity index (χ4n) is 16.0. The Morgan fingerprint density at radius 3 is 1.29 bits per heavy atom. The topological polar surface area (TPSA) is 547 Å². The summed E-state index contributed by atoms with van der Waals surface area (Å²) in [5.74, 6) is 2.74. The van der Waals surface area contributed by atoms with Crippen LogP contribution in [-0.4, -0.2) is 101 Å². The average Bonchev–Trinajstić information content (AvgIpc) is 0.777. The minimum Gasteiger partial charge on any atom is -0.390 e. The number of aryl methyl sites for hydroxylation is 3. The predicted molar refractivity (Wildman–Crippen MR) is 512 cm³/mol. The molecule has 9 aromatic heterocycles. The number of nitriles is 4. The number of aliphatic hydroxyl groups excluding tert-OH is 1. The highest BCUT2D eigenvalue weighted by Crippen LogP contribution is 2.50. The second-order valence-corrected chi connectivity index (χ2v) is 34.0. The third-order valence-corrected chi connectivity index (χ3v) is 25.4. The zero-order valence-corrected chi connectivity index (χ0v) is 80.5. The molecule has 0 aliphatic heterocycles. The number of terminal acetylenes is 1. The van der Waals surface area contributed by atoms with Crippen LogP contribution in [0.3, 0.4) is 0 Å². The van der Waals surface area contributed by atoms with E-state index in [1.165, 1.54) is 132 Å². The van der Waals surface area contributed by atoms with Crippen molar-refractivity contribution in [1.82, 2.24) is 64.8 Å². The molecule has 5 N–H and O–H groups in total. The number of benzene rings is 2. The predicted octanol–water partition coefficient (Wildman–Crippen LogP) is 18.9. The monoisotopic (exact) mass is 1920 g/mol. The van der Waals surface area contributed by atoms with E-state index in [2.05, 4.69) is 194 Å². The molecule has 0 amide bonds. The number of pyridine rings is 6. The zero-order valence-electron chi connectivity index (χ0n) is 78.9. The van der Waals surface area contributed by atoms with Crippen molar-refractivity contribution in [2.24, 2.45) is 11.0 Å². The van der Waals surface area contributed by atoms with Crippen molar-refractivity contribution >= 4 is 58.6 Å². The van der Waals surface area contributed by atoms with E-state index >= 15 is 0 Å². The normalized spacial score (nSPS) is 14.3. The molecule has 1 atom stereocenters. The van der Waals surface area contributed by atoms with E-state index in [1.54, 1.807) is 47.1 Å². The Bertz CT molecular complexity index is 6200. The third kappa shape index (κ3) is 33.9. The fraction of sp³-hybridized carbons (Fsp3) is 0.375. The first-order valence-electron chi connectivity index (χ1n) is 44.6. The SMILES string of the molecule is C#Cc1cc(-c2cccc(C#N)c2)nc(N)n1.CC(C#N)=C1CCC1.CC1(c2cccc(Cn3cc(-c4cc(-c5cccc(C#N)c5)nc(N)n4)nn3)n2)CCC1.CCC1(c2cccc(C)n2)CCC1.CCC1(c2cccc(CN=[N+]=[N-])n2)CCC1.CCC1(c2cccc(CO)n2)CCC1.Cc1cccc(Br)n1.Cc1cccc(C2(C(C)C#N)CCC2)n1.O=C=O.O=C=O.O=C=O.O=C=O.O=C=O. The van der Waals surface area contributed by atoms with E-state index < -0.39 is 0 Å². The van der Waals surface area contributed by atoms with Crippen molar-refractivity contribution in [2.45, 2.75) is 244 Å². The molecule has 2 aromatic carbocycles. The summed E-state index contributed by atoms with van der Waals surface area (Å²) < 4.78 is 2.65. The number of aromatic nitrogens is 13. The molecule has 6 aliphatic carbocycles. The van der Waals surface area contributed by atoms with Gasteiger partial charge in [-0.15, -0.1) is 11.5 Å². The molecule has 0 spiro atoms. The highest BCUT2D eigenvalue weighted by Gasteiger charge is 2.45. The Labute approximate surface area is 811 Å². The number of nitrogens with two attached hydrogens (primary N) is 2. The number of nitrogens with zero attached hydrogens (tertiary/aromatic N) is 20. The molecule has 1 unspecified atom stereocenters. The van der Waals surface area contributed by atoms with Gasteiger partial charge in [0, 0.05) is 99.9 Å². The van der Waals surface area contributed by atoms with Crippen molar-refractivity contribution in [3.8, 4) is 70.5 Å². The molecule has 0 saturated heterocycles. The minimum absolute atomic E-state index is 0.0424. The maximum Gasteiger partial charge on any atom is 0.373 e. The molecule has 6 aliphatic rings. The van der Waals surface area contributed by atoms with Gasteiger partial charge in [0.1, 0.15) is 16.0 Å². The van der Waals surface area contributed by atoms with Gasteiger partial charge in [0.15, 0.2) is 0 Å². The maximum atomic E-state index is 9.17. The van der Waals surface area contributed by atoms with Gasteiger partial charge in [-0.05, 0) is 268 Å². The first kappa shape index (κ1) is 113. The lowest BCUT2D eigenvalue weighted by Gasteiger charge is -2.43.